The van der Waals surface area contributed by atoms with E-state index < -0.39 is 6.10 Å². The fourth-order valence-electron chi connectivity index (χ4n) is 1.89. The molecule has 1 heterocycles. The van der Waals surface area contributed by atoms with Crippen LogP contribution in [-0.4, -0.2) is 22.0 Å². The van der Waals surface area contributed by atoms with Crippen molar-refractivity contribution in [1.29, 1.82) is 0 Å². The molecule has 2 rings (SSSR count). The molecule has 0 aliphatic rings. The summed E-state index contributed by atoms with van der Waals surface area (Å²) < 4.78 is 0. The highest BCUT2D eigenvalue weighted by atomic mass is 16.3. The molecule has 3 heteroatoms. The highest BCUT2D eigenvalue weighted by Gasteiger charge is 2.18. The number of Topliss-reactive ketones (excluding diaryl/α,β-unsaturated/α-hetero) is 1. The maximum atomic E-state index is 12.1. The summed E-state index contributed by atoms with van der Waals surface area (Å²) in [6, 6.07) is 9.18. The molecule has 1 unspecified atom stereocenters. The molecule has 1 atom stereocenters. The van der Waals surface area contributed by atoms with Crippen LogP contribution >= 0.6 is 0 Å². The zero-order valence-electron chi connectivity index (χ0n) is 9.76. The van der Waals surface area contributed by atoms with Gasteiger partial charge < -0.3 is 5.11 Å². The Morgan fingerprint density at radius 2 is 2.12 bits per heavy atom. The predicted octanol–water partition coefficient (Wildman–Crippen LogP) is 2.58. The number of aliphatic hydroxyl groups excluding tert-OH is 1. The fourth-order valence-corrected chi connectivity index (χ4v) is 1.89. The standard InChI is InChI=1S/C14H15NO2/c1-2-5-12(16)14(17)11-8-3-6-10-7-4-9-15-13(10)11/h3-4,6-9,12,16H,2,5H2,1H3. The van der Waals surface area contributed by atoms with Crippen LogP contribution in [0.2, 0.25) is 0 Å². The van der Waals surface area contributed by atoms with Crippen LogP contribution in [0, 0.1) is 0 Å². The van der Waals surface area contributed by atoms with Gasteiger partial charge in [0.2, 0.25) is 0 Å². The molecule has 17 heavy (non-hydrogen) atoms. The van der Waals surface area contributed by atoms with Crippen LogP contribution < -0.4 is 0 Å². The largest absolute Gasteiger partial charge is 0.385 e. The summed E-state index contributed by atoms with van der Waals surface area (Å²) in [4.78, 5) is 16.3. The summed E-state index contributed by atoms with van der Waals surface area (Å²) in [6.45, 7) is 1.94. The lowest BCUT2D eigenvalue weighted by molar-refractivity contribution is 0.0731. The first-order chi connectivity index (χ1) is 8.24. The van der Waals surface area contributed by atoms with Gasteiger partial charge in [-0.1, -0.05) is 31.5 Å². The van der Waals surface area contributed by atoms with Crippen molar-refractivity contribution >= 4 is 16.7 Å². The Hall–Kier alpha value is -1.74. The van der Waals surface area contributed by atoms with Gasteiger partial charge in [-0.15, -0.1) is 0 Å². The van der Waals surface area contributed by atoms with Gasteiger partial charge in [0.15, 0.2) is 5.78 Å². The third kappa shape index (κ3) is 2.34. The number of nitrogens with zero attached hydrogens (tertiary/aromatic N) is 1. The predicted molar refractivity (Wildman–Crippen MR) is 67.0 cm³/mol. The van der Waals surface area contributed by atoms with Crippen LogP contribution in [0.4, 0.5) is 0 Å². The summed E-state index contributed by atoms with van der Waals surface area (Å²) in [5.74, 6) is -0.240. The number of carbonyl (C=O) groups is 1. The van der Waals surface area contributed by atoms with Gasteiger partial charge in [0, 0.05) is 17.1 Å². The molecule has 1 N–H and O–H groups in total. The first-order valence-corrected chi connectivity index (χ1v) is 5.80. The first-order valence-electron chi connectivity index (χ1n) is 5.80. The van der Waals surface area contributed by atoms with E-state index in [4.69, 9.17) is 0 Å². The number of para-hydroxylation sites is 1. The van der Waals surface area contributed by atoms with Crippen molar-refractivity contribution in [2.45, 2.75) is 25.9 Å². The summed E-state index contributed by atoms with van der Waals surface area (Å²) >= 11 is 0. The molecule has 88 valence electrons. The Labute approximate surface area is 100 Å². The van der Waals surface area contributed by atoms with Crippen LogP contribution in [0.3, 0.4) is 0 Å². The minimum atomic E-state index is -0.924. The number of fused-ring (bicyclic) bond motifs is 1. The number of carbonyl (C=O) groups excluding carboxylic acids is 1. The number of aliphatic hydroxyl groups is 1. The third-order valence-corrected chi connectivity index (χ3v) is 2.76. The minimum Gasteiger partial charge on any atom is -0.385 e. The first kappa shape index (κ1) is 11.7. The lowest BCUT2D eigenvalue weighted by Crippen LogP contribution is -2.20. The van der Waals surface area contributed by atoms with Gasteiger partial charge in [-0.3, -0.25) is 9.78 Å². The average molecular weight is 229 g/mol. The second-order valence-corrected chi connectivity index (χ2v) is 4.05. The molecule has 0 spiro atoms. The minimum absolute atomic E-state index is 0.240. The zero-order chi connectivity index (χ0) is 12.3. The maximum absolute atomic E-state index is 12.1. The number of hydrogen-bond donors (Lipinski definition) is 1. The van der Waals surface area contributed by atoms with Crippen LogP contribution in [0.1, 0.15) is 30.1 Å². The summed E-state index contributed by atoms with van der Waals surface area (Å²) in [5, 5.41) is 10.7. The molecule has 3 nitrogen and oxygen atoms in total. The zero-order valence-corrected chi connectivity index (χ0v) is 9.76. The monoisotopic (exact) mass is 229 g/mol. The Bertz CT molecular complexity index is 531. The second-order valence-electron chi connectivity index (χ2n) is 4.05. The van der Waals surface area contributed by atoms with Crippen molar-refractivity contribution < 1.29 is 9.90 Å². The molecule has 0 fully saturated rings. The lowest BCUT2D eigenvalue weighted by Gasteiger charge is -2.09. The molecule has 0 aliphatic heterocycles. The van der Waals surface area contributed by atoms with Crippen molar-refractivity contribution in [2.24, 2.45) is 0 Å². The average Bonchev–Trinajstić information content (AvgIpc) is 2.37. The van der Waals surface area contributed by atoms with E-state index in [1.54, 1.807) is 12.3 Å². The van der Waals surface area contributed by atoms with Gasteiger partial charge in [0.25, 0.3) is 0 Å². The Kier molecular flexibility index (Phi) is 3.49. The number of rotatable bonds is 4. The topological polar surface area (TPSA) is 50.2 Å². The highest BCUT2D eigenvalue weighted by molar-refractivity contribution is 6.08. The summed E-state index contributed by atoms with van der Waals surface area (Å²) in [6.07, 6.45) is 2.01. The molecule has 0 amide bonds. The van der Waals surface area contributed by atoms with Crippen LogP contribution in [0.25, 0.3) is 10.9 Å². The molecular formula is C14H15NO2. The van der Waals surface area contributed by atoms with E-state index in [-0.39, 0.29) is 5.78 Å². The Morgan fingerprint density at radius 3 is 2.88 bits per heavy atom. The highest BCUT2D eigenvalue weighted by Crippen LogP contribution is 2.18. The SMILES string of the molecule is CCCC(O)C(=O)c1cccc2cccnc12. The molecular weight excluding hydrogens is 214 g/mol. The van der Waals surface area contributed by atoms with Crippen LogP contribution in [-0.2, 0) is 0 Å². The van der Waals surface area contributed by atoms with Gasteiger partial charge in [0.05, 0.1) is 5.52 Å². The van der Waals surface area contributed by atoms with Crippen molar-refractivity contribution in [2.75, 3.05) is 0 Å². The number of benzene rings is 1. The van der Waals surface area contributed by atoms with Gasteiger partial charge in [-0.05, 0) is 18.6 Å². The Morgan fingerprint density at radius 1 is 1.35 bits per heavy atom. The van der Waals surface area contributed by atoms with E-state index in [1.807, 2.05) is 31.2 Å². The maximum Gasteiger partial charge on any atom is 0.193 e. The van der Waals surface area contributed by atoms with Gasteiger partial charge in [-0.2, -0.15) is 0 Å². The van der Waals surface area contributed by atoms with Crippen LogP contribution in [0.15, 0.2) is 36.5 Å². The Balaban J connectivity index is 2.45. The van der Waals surface area contributed by atoms with Crippen LogP contribution in [0.5, 0.6) is 0 Å². The van der Waals surface area contributed by atoms with Gasteiger partial charge in [-0.25, -0.2) is 0 Å². The molecule has 0 bridgehead atoms. The molecule has 1 aromatic heterocycles. The van der Waals surface area contributed by atoms with E-state index in [0.29, 0.717) is 17.5 Å². The fraction of sp³-hybridized carbons (Fsp3) is 0.286. The molecule has 0 radical (unpaired) electrons. The van der Waals surface area contributed by atoms with Crippen molar-refractivity contribution in [3.05, 3.63) is 42.1 Å². The quantitative estimate of drug-likeness (QED) is 0.820. The summed E-state index contributed by atoms with van der Waals surface area (Å²) in [5.41, 5.74) is 1.17. The number of ketones is 1. The van der Waals surface area contributed by atoms with E-state index in [2.05, 4.69) is 4.98 Å². The normalized spacial score (nSPS) is 12.6. The molecule has 2 aromatic rings. The van der Waals surface area contributed by atoms with Crippen molar-refractivity contribution in [1.82, 2.24) is 4.98 Å². The van der Waals surface area contributed by atoms with E-state index >= 15 is 0 Å². The number of aromatic nitrogens is 1. The van der Waals surface area contributed by atoms with E-state index in [0.717, 1.165) is 11.8 Å². The van der Waals surface area contributed by atoms with Gasteiger partial charge in [0.1, 0.15) is 6.10 Å². The summed E-state index contributed by atoms with van der Waals surface area (Å²) in [7, 11) is 0. The number of hydrogen-bond acceptors (Lipinski definition) is 3. The molecule has 0 aliphatic carbocycles. The van der Waals surface area contributed by atoms with Crippen molar-refractivity contribution in [3.63, 3.8) is 0 Å². The van der Waals surface area contributed by atoms with E-state index in [9.17, 15) is 9.90 Å². The second kappa shape index (κ2) is 5.06. The smallest absolute Gasteiger partial charge is 0.193 e. The third-order valence-electron chi connectivity index (χ3n) is 2.76. The number of pyridine rings is 1. The molecule has 0 saturated heterocycles. The molecule has 1 aromatic carbocycles. The van der Waals surface area contributed by atoms with E-state index in [1.165, 1.54) is 0 Å². The van der Waals surface area contributed by atoms with Gasteiger partial charge >= 0.3 is 0 Å². The lowest BCUT2D eigenvalue weighted by atomic mass is 10.0. The molecule has 0 saturated carbocycles. The van der Waals surface area contributed by atoms with Crippen molar-refractivity contribution in [3.8, 4) is 0 Å².